The monoisotopic (exact) mass is 382 g/mol. The van der Waals surface area contributed by atoms with Gasteiger partial charge in [-0.15, -0.1) is 0 Å². The third-order valence-corrected chi connectivity index (χ3v) is 4.42. The van der Waals surface area contributed by atoms with E-state index in [4.69, 9.17) is 4.74 Å². The summed E-state index contributed by atoms with van der Waals surface area (Å²) in [6.45, 7) is 1.96. The molecule has 0 aliphatic heterocycles. The van der Waals surface area contributed by atoms with Crippen LogP contribution < -0.4 is 15.0 Å². The first-order chi connectivity index (χ1) is 14.2. The fourth-order valence-electron chi connectivity index (χ4n) is 2.92. The van der Waals surface area contributed by atoms with Crippen LogP contribution in [0.1, 0.15) is 5.69 Å². The first-order valence-corrected chi connectivity index (χ1v) is 9.42. The normalized spacial score (nSPS) is 10.4. The lowest BCUT2D eigenvalue weighted by Crippen LogP contribution is -2.13. The molecule has 1 N–H and O–H groups in total. The zero-order chi connectivity index (χ0) is 20.1. The van der Waals surface area contributed by atoms with E-state index in [2.05, 4.69) is 27.4 Å². The van der Waals surface area contributed by atoms with Crippen molar-refractivity contribution in [3.05, 3.63) is 96.7 Å². The maximum absolute atomic E-state index is 5.84. The van der Waals surface area contributed by atoms with Crippen molar-refractivity contribution in [2.24, 2.45) is 0 Å². The molecule has 0 fully saturated rings. The Morgan fingerprint density at radius 3 is 2.07 bits per heavy atom. The van der Waals surface area contributed by atoms with E-state index in [0.717, 1.165) is 34.4 Å². The van der Waals surface area contributed by atoms with E-state index in [1.807, 2.05) is 97.7 Å². The molecular formula is C24H22N4O. The standard InChI is InChI=1S/C24H22N4O/c1-18-17-23(28(2)20-9-5-3-6-10-20)27-24(25-18)26-19-13-15-22(16-14-19)29-21-11-7-4-8-12-21/h3-17H,1-2H3,(H,25,26,27). The van der Waals surface area contributed by atoms with E-state index in [1.165, 1.54) is 0 Å². The van der Waals surface area contributed by atoms with Gasteiger partial charge >= 0.3 is 0 Å². The van der Waals surface area contributed by atoms with Gasteiger partial charge in [-0.2, -0.15) is 4.98 Å². The molecule has 0 bridgehead atoms. The number of para-hydroxylation sites is 2. The maximum Gasteiger partial charge on any atom is 0.229 e. The van der Waals surface area contributed by atoms with Gasteiger partial charge in [0.2, 0.25) is 5.95 Å². The zero-order valence-corrected chi connectivity index (χ0v) is 16.4. The van der Waals surface area contributed by atoms with Crippen molar-refractivity contribution in [1.29, 1.82) is 0 Å². The van der Waals surface area contributed by atoms with Crippen molar-refractivity contribution in [3.63, 3.8) is 0 Å². The first-order valence-electron chi connectivity index (χ1n) is 9.42. The zero-order valence-electron chi connectivity index (χ0n) is 16.4. The van der Waals surface area contributed by atoms with Gasteiger partial charge in [-0.25, -0.2) is 4.98 Å². The lowest BCUT2D eigenvalue weighted by molar-refractivity contribution is 0.483. The number of rotatable bonds is 6. The van der Waals surface area contributed by atoms with Crippen molar-refractivity contribution >= 4 is 23.1 Å². The SMILES string of the molecule is Cc1cc(N(C)c2ccccc2)nc(Nc2ccc(Oc3ccccc3)cc2)n1. The summed E-state index contributed by atoms with van der Waals surface area (Å²) < 4.78 is 5.84. The number of aromatic nitrogens is 2. The number of nitrogens with zero attached hydrogens (tertiary/aromatic N) is 3. The van der Waals surface area contributed by atoms with E-state index in [1.54, 1.807) is 0 Å². The number of aryl methyl sites for hydroxylation is 1. The van der Waals surface area contributed by atoms with Crippen molar-refractivity contribution in [3.8, 4) is 11.5 Å². The van der Waals surface area contributed by atoms with Crippen LogP contribution in [0.2, 0.25) is 0 Å². The number of ether oxygens (including phenoxy) is 1. The van der Waals surface area contributed by atoms with Crippen LogP contribution >= 0.6 is 0 Å². The van der Waals surface area contributed by atoms with Gasteiger partial charge < -0.3 is 15.0 Å². The highest BCUT2D eigenvalue weighted by Gasteiger charge is 2.09. The summed E-state index contributed by atoms with van der Waals surface area (Å²) in [6, 6.07) is 29.5. The van der Waals surface area contributed by atoms with Gasteiger partial charge in [0, 0.05) is 30.2 Å². The molecule has 0 saturated heterocycles. The molecule has 0 aliphatic rings. The Morgan fingerprint density at radius 1 is 0.759 bits per heavy atom. The molecule has 5 nitrogen and oxygen atoms in total. The number of anilines is 4. The molecule has 4 rings (SSSR count). The summed E-state index contributed by atoms with van der Waals surface area (Å²) in [5.41, 5.74) is 2.85. The Kier molecular flexibility index (Phi) is 5.38. The molecule has 4 aromatic rings. The highest BCUT2D eigenvalue weighted by molar-refractivity contribution is 5.62. The van der Waals surface area contributed by atoms with Crippen LogP contribution in [0.3, 0.4) is 0 Å². The van der Waals surface area contributed by atoms with Gasteiger partial charge in [0.05, 0.1) is 0 Å². The van der Waals surface area contributed by atoms with Crippen molar-refractivity contribution in [2.45, 2.75) is 6.92 Å². The highest BCUT2D eigenvalue weighted by atomic mass is 16.5. The van der Waals surface area contributed by atoms with Gasteiger partial charge in [-0.05, 0) is 55.5 Å². The summed E-state index contributed by atoms with van der Waals surface area (Å²) in [5, 5.41) is 3.28. The minimum atomic E-state index is 0.555. The minimum Gasteiger partial charge on any atom is -0.457 e. The second-order valence-electron chi connectivity index (χ2n) is 6.65. The Labute approximate surface area is 170 Å². The Morgan fingerprint density at radius 2 is 1.38 bits per heavy atom. The largest absolute Gasteiger partial charge is 0.457 e. The molecule has 0 radical (unpaired) electrons. The van der Waals surface area contributed by atoms with Crippen LogP contribution in [0.4, 0.5) is 23.1 Å². The van der Waals surface area contributed by atoms with Gasteiger partial charge in [0.15, 0.2) is 0 Å². The fraction of sp³-hybridized carbons (Fsp3) is 0.0833. The average molecular weight is 382 g/mol. The van der Waals surface area contributed by atoms with Crippen LogP contribution in [0.25, 0.3) is 0 Å². The van der Waals surface area contributed by atoms with E-state index in [0.29, 0.717) is 5.95 Å². The molecule has 1 aromatic heterocycles. The average Bonchev–Trinajstić information content (AvgIpc) is 2.75. The quantitative estimate of drug-likeness (QED) is 0.437. The van der Waals surface area contributed by atoms with Gasteiger partial charge in [-0.1, -0.05) is 36.4 Å². The first kappa shape index (κ1) is 18.5. The lowest BCUT2D eigenvalue weighted by Gasteiger charge is -2.19. The second kappa shape index (κ2) is 8.44. The molecule has 0 spiro atoms. The summed E-state index contributed by atoms with van der Waals surface area (Å²) in [4.78, 5) is 11.2. The fourth-order valence-corrected chi connectivity index (χ4v) is 2.92. The molecular weight excluding hydrogens is 360 g/mol. The molecule has 0 unspecified atom stereocenters. The van der Waals surface area contributed by atoms with Crippen molar-refractivity contribution in [1.82, 2.24) is 9.97 Å². The number of hydrogen-bond donors (Lipinski definition) is 1. The van der Waals surface area contributed by atoms with Gasteiger partial charge in [-0.3, -0.25) is 0 Å². The van der Waals surface area contributed by atoms with Crippen molar-refractivity contribution in [2.75, 3.05) is 17.3 Å². The summed E-state index contributed by atoms with van der Waals surface area (Å²) >= 11 is 0. The van der Waals surface area contributed by atoms with Crippen LogP contribution in [0.15, 0.2) is 91.0 Å². The van der Waals surface area contributed by atoms with Crippen LogP contribution in [0.5, 0.6) is 11.5 Å². The smallest absolute Gasteiger partial charge is 0.229 e. The van der Waals surface area contributed by atoms with Crippen molar-refractivity contribution < 1.29 is 4.74 Å². The Hall–Kier alpha value is -3.86. The minimum absolute atomic E-state index is 0.555. The molecule has 0 atom stereocenters. The molecule has 3 aromatic carbocycles. The molecule has 0 amide bonds. The van der Waals surface area contributed by atoms with Crippen LogP contribution in [-0.4, -0.2) is 17.0 Å². The lowest BCUT2D eigenvalue weighted by atomic mass is 10.3. The number of hydrogen-bond acceptors (Lipinski definition) is 5. The second-order valence-corrected chi connectivity index (χ2v) is 6.65. The maximum atomic E-state index is 5.84. The third-order valence-electron chi connectivity index (χ3n) is 4.42. The van der Waals surface area contributed by atoms with E-state index >= 15 is 0 Å². The van der Waals surface area contributed by atoms with Crippen LogP contribution in [0, 0.1) is 6.92 Å². The molecule has 144 valence electrons. The molecule has 5 heteroatoms. The highest BCUT2D eigenvalue weighted by Crippen LogP contribution is 2.26. The predicted molar refractivity (Wildman–Crippen MR) is 118 cm³/mol. The van der Waals surface area contributed by atoms with Gasteiger partial charge in [0.25, 0.3) is 0 Å². The Balaban J connectivity index is 1.50. The number of benzene rings is 3. The Bertz CT molecular complexity index is 1070. The summed E-state index contributed by atoms with van der Waals surface area (Å²) in [6.07, 6.45) is 0. The molecule has 1 heterocycles. The summed E-state index contributed by atoms with van der Waals surface area (Å²) in [5.74, 6) is 2.97. The molecule has 29 heavy (non-hydrogen) atoms. The van der Waals surface area contributed by atoms with Gasteiger partial charge in [0.1, 0.15) is 17.3 Å². The summed E-state index contributed by atoms with van der Waals surface area (Å²) in [7, 11) is 2.00. The van der Waals surface area contributed by atoms with E-state index < -0.39 is 0 Å². The van der Waals surface area contributed by atoms with E-state index in [9.17, 15) is 0 Å². The number of nitrogens with one attached hydrogen (secondary N) is 1. The molecule has 0 saturated carbocycles. The topological polar surface area (TPSA) is 50.3 Å². The predicted octanol–water partition coefficient (Wildman–Crippen LogP) is 6.09. The van der Waals surface area contributed by atoms with E-state index in [-0.39, 0.29) is 0 Å². The molecule has 0 aliphatic carbocycles. The van der Waals surface area contributed by atoms with Crippen LogP contribution in [-0.2, 0) is 0 Å². The third kappa shape index (κ3) is 4.71.